The van der Waals surface area contributed by atoms with Gasteiger partial charge in [-0.15, -0.1) is 0 Å². The molecule has 104 valence electrons. The summed E-state index contributed by atoms with van der Waals surface area (Å²) in [5, 5.41) is 0.791. The maximum Gasteiger partial charge on any atom is 0.306 e. The second-order valence-electron chi connectivity index (χ2n) is 4.98. The minimum absolute atomic E-state index is 0.0974. The van der Waals surface area contributed by atoms with Crippen LogP contribution in [0.25, 0.3) is 0 Å². The van der Waals surface area contributed by atoms with Crippen LogP contribution in [0, 0.1) is 5.41 Å². The number of carbonyl (C=O) groups excluding carboxylic acids is 1. The molecule has 0 aromatic heterocycles. The molecule has 1 aromatic carbocycles. The molecular weight excluding hydrogens is 348 g/mol. The topological polar surface area (TPSA) is 26.3 Å². The number of methoxy groups -OCH3 is 1. The van der Waals surface area contributed by atoms with Crippen molar-refractivity contribution in [2.45, 2.75) is 25.0 Å². The molecule has 1 aromatic rings. The van der Waals surface area contributed by atoms with Crippen LogP contribution in [0.5, 0.6) is 0 Å². The largest absolute Gasteiger partial charge is 0.469 e. The van der Waals surface area contributed by atoms with Crippen molar-refractivity contribution in [3.05, 3.63) is 33.3 Å². The number of rotatable bonds is 6. The van der Waals surface area contributed by atoms with E-state index >= 15 is 0 Å². The zero-order valence-corrected chi connectivity index (χ0v) is 13.9. The molecule has 2 rings (SSSR count). The first-order chi connectivity index (χ1) is 9.04. The summed E-state index contributed by atoms with van der Waals surface area (Å²) < 4.78 is 5.74. The summed E-state index contributed by atoms with van der Waals surface area (Å²) >= 11 is 11.4. The van der Waals surface area contributed by atoms with E-state index in [4.69, 9.17) is 16.3 Å². The standard InChI is InChI=1S/C14H16BrClO2S/c1-18-13(17)7-14(4-5-14)9-19-8-10-2-3-11(15)6-12(10)16/h2-3,6H,4-5,7-9H2,1H3. The van der Waals surface area contributed by atoms with E-state index in [1.54, 1.807) is 0 Å². The molecule has 2 nitrogen and oxygen atoms in total. The number of halogens is 2. The second-order valence-corrected chi connectivity index (χ2v) is 7.29. The molecule has 0 saturated heterocycles. The highest BCUT2D eigenvalue weighted by molar-refractivity contribution is 9.10. The average molecular weight is 364 g/mol. The van der Waals surface area contributed by atoms with Gasteiger partial charge in [0.1, 0.15) is 0 Å². The molecule has 0 radical (unpaired) electrons. The van der Waals surface area contributed by atoms with Gasteiger partial charge in [-0.05, 0) is 41.7 Å². The first-order valence-corrected chi connectivity index (χ1v) is 8.46. The Labute approximate surface area is 131 Å². The van der Waals surface area contributed by atoms with Crippen molar-refractivity contribution in [1.29, 1.82) is 0 Å². The summed E-state index contributed by atoms with van der Waals surface area (Å²) in [5.74, 6) is 1.78. The van der Waals surface area contributed by atoms with Crippen LogP contribution in [-0.4, -0.2) is 18.8 Å². The fourth-order valence-electron chi connectivity index (χ4n) is 1.94. The van der Waals surface area contributed by atoms with Crippen molar-refractivity contribution in [1.82, 2.24) is 0 Å². The number of ether oxygens (including phenoxy) is 1. The third-order valence-corrected chi connectivity index (χ3v) is 5.56. The predicted octanol–water partition coefficient (Wildman–Crippen LogP) is 4.68. The molecule has 0 bridgehead atoms. The number of carbonyl (C=O) groups is 1. The van der Waals surface area contributed by atoms with E-state index in [2.05, 4.69) is 15.9 Å². The van der Waals surface area contributed by atoms with Gasteiger partial charge in [0.2, 0.25) is 0 Å². The minimum Gasteiger partial charge on any atom is -0.469 e. The number of hydrogen-bond donors (Lipinski definition) is 0. The van der Waals surface area contributed by atoms with Crippen molar-refractivity contribution in [3.8, 4) is 0 Å². The summed E-state index contributed by atoms with van der Waals surface area (Å²) in [5.41, 5.74) is 1.32. The molecule has 0 aliphatic heterocycles. The zero-order chi connectivity index (χ0) is 13.9. The van der Waals surface area contributed by atoms with Crippen LogP contribution in [0.4, 0.5) is 0 Å². The molecule has 1 aliphatic rings. The van der Waals surface area contributed by atoms with E-state index < -0.39 is 0 Å². The number of thioether (sulfide) groups is 1. The summed E-state index contributed by atoms with van der Waals surface area (Å²) in [7, 11) is 1.45. The molecule has 0 amide bonds. The molecule has 0 N–H and O–H groups in total. The average Bonchev–Trinajstić information content (AvgIpc) is 3.12. The normalized spacial score (nSPS) is 16.2. The quantitative estimate of drug-likeness (QED) is 0.686. The second kappa shape index (κ2) is 6.51. The van der Waals surface area contributed by atoms with E-state index in [0.717, 1.165) is 39.4 Å². The molecular formula is C14H16BrClO2S. The first-order valence-electron chi connectivity index (χ1n) is 6.13. The molecule has 5 heteroatoms. The van der Waals surface area contributed by atoms with Crippen LogP contribution in [-0.2, 0) is 15.3 Å². The lowest BCUT2D eigenvalue weighted by molar-refractivity contribution is -0.141. The maximum absolute atomic E-state index is 11.3. The van der Waals surface area contributed by atoms with E-state index in [9.17, 15) is 4.79 Å². The molecule has 1 fully saturated rings. The van der Waals surface area contributed by atoms with Crippen LogP contribution in [0.1, 0.15) is 24.8 Å². The highest BCUT2D eigenvalue weighted by Crippen LogP contribution is 2.51. The number of benzene rings is 1. The van der Waals surface area contributed by atoms with E-state index in [1.165, 1.54) is 7.11 Å². The van der Waals surface area contributed by atoms with Gasteiger partial charge in [0.15, 0.2) is 0 Å². The Hall–Kier alpha value is -0.190. The van der Waals surface area contributed by atoms with E-state index in [-0.39, 0.29) is 11.4 Å². The predicted molar refractivity (Wildman–Crippen MR) is 83.6 cm³/mol. The molecule has 0 unspecified atom stereocenters. The lowest BCUT2D eigenvalue weighted by atomic mass is 10.1. The van der Waals surface area contributed by atoms with Gasteiger partial charge in [0, 0.05) is 15.2 Å². The Bertz CT molecular complexity index is 475. The van der Waals surface area contributed by atoms with Crippen LogP contribution < -0.4 is 0 Å². The highest BCUT2D eigenvalue weighted by atomic mass is 79.9. The van der Waals surface area contributed by atoms with E-state index in [1.807, 2.05) is 30.0 Å². The number of hydrogen-bond acceptors (Lipinski definition) is 3. The Kier molecular flexibility index (Phi) is 5.21. The van der Waals surface area contributed by atoms with Crippen molar-refractivity contribution in [2.24, 2.45) is 5.41 Å². The third kappa shape index (κ3) is 4.40. The lowest BCUT2D eigenvalue weighted by Crippen LogP contribution is -2.13. The van der Waals surface area contributed by atoms with Gasteiger partial charge in [0.25, 0.3) is 0 Å². The highest BCUT2D eigenvalue weighted by Gasteiger charge is 2.44. The fraction of sp³-hybridized carbons (Fsp3) is 0.500. The molecule has 0 atom stereocenters. The van der Waals surface area contributed by atoms with Gasteiger partial charge in [-0.2, -0.15) is 11.8 Å². The molecule has 19 heavy (non-hydrogen) atoms. The smallest absolute Gasteiger partial charge is 0.306 e. The third-order valence-electron chi connectivity index (χ3n) is 3.39. The van der Waals surface area contributed by atoms with Gasteiger partial charge >= 0.3 is 5.97 Å². The van der Waals surface area contributed by atoms with Crippen molar-refractivity contribution >= 4 is 45.3 Å². The molecule has 0 spiro atoms. The Morgan fingerprint density at radius 2 is 2.26 bits per heavy atom. The Morgan fingerprint density at radius 1 is 1.53 bits per heavy atom. The summed E-state index contributed by atoms with van der Waals surface area (Å²) in [6, 6.07) is 5.96. The molecule has 0 heterocycles. The molecule has 1 aliphatic carbocycles. The van der Waals surface area contributed by atoms with Crippen LogP contribution >= 0.6 is 39.3 Å². The maximum atomic E-state index is 11.3. The Morgan fingerprint density at radius 3 is 2.84 bits per heavy atom. The lowest BCUT2D eigenvalue weighted by Gasteiger charge is -2.13. The van der Waals surface area contributed by atoms with Gasteiger partial charge in [0.05, 0.1) is 13.5 Å². The van der Waals surface area contributed by atoms with Crippen LogP contribution in [0.15, 0.2) is 22.7 Å². The van der Waals surface area contributed by atoms with E-state index in [0.29, 0.717) is 6.42 Å². The number of esters is 1. The summed E-state index contributed by atoms with van der Waals surface area (Å²) in [6.07, 6.45) is 2.80. The van der Waals surface area contributed by atoms with Crippen molar-refractivity contribution in [3.63, 3.8) is 0 Å². The summed E-state index contributed by atoms with van der Waals surface area (Å²) in [6.45, 7) is 0. The van der Waals surface area contributed by atoms with Crippen molar-refractivity contribution in [2.75, 3.05) is 12.9 Å². The van der Waals surface area contributed by atoms with Crippen LogP contribution in [0.3, 0.4) is 0 Å². The van der Waals surface area contributed by atoms with Crippen molar-refractivity contribution < 1.29 is 9.53 Å². The van der Waals surface area contributed by atoms with Gasteiger partial charge in [-0.1, -0.05) is 33.6 Å². The molecule has 1 saturated carbocycles. The Balaban J connectivity index is 1.82. The summed E-state index contributed by atoms with van der Waals surface area (Å²) in [4.78, 5) is 11.3. The SMILES string of the molecule is COC(=O)CC1(CSCc2ccc(Br)cc2Cl)CC1. The monoisotopic (exact) mass is 362 g/mol. The van der Waals surface area contributed by atoms with Gasteiger partial charge in [-0.3, -0.25) is 4.79 Å². The van der Waals surface area contributed by atoms with Gasteiger partial charge in [-0.25, -0.2) is 0 Å². The van der Waals surface area contributed by atoms with Crippen LogP contribution in [0.2, 0.25) is 5.02 Å². The fourth-order valence-corrected chi connectivity index (χ4v) is 4.16. The zero-order valence-electron chi connectivity index (χ0n) is 10.7. The minimum atomic E-state index is -0.0974. The first kappa shape index (κ1) is 15.2. The van der Waals surface area contributed by atoms with Gasteiger partial charge < -0.3 is 4.74 Å².